The van der Waals surface area contributed by atoms with Crippen LogP contribution in [0.15, 0.2) is 35.3 Å². The van der Waals surface area contributed by atoms with Crippen molar-refractivity contribution in [3.8, 4) is 0 Å². The van der Waals surface area contributed by atoms with Crippen LogP contribution in [0.3, 0.4) is 0 Å². The Morgan fingerprint density at radius 2 is 1.28 bits per heavy atom. The molecule has 4 atom stereocenters. The second-order valence-corrected chi connectivity index (χ2v) is 17.2. The van der Waals surface area contributed by atoms with E-state index in [2.05, 4.69) is 26.3 Å². The Labute approximate surface area is 334 Å². The number of carbonyl (C=O) groups is 6. The highest BCUT2D eigenvalue weighted by atomic mass is 16.6. The fourth-order valence-electron chi connectivity index (χ4n) is 9.19. The Morgan fingerprint density at radius 3 is 1.84 bits per heavy atom. The van der Waals surface area contributed by atoms with Crippen LogP contribution in [0.25, 0.3) is 0 Å². The summed E-state index contributed by atoms with van der Waals surface area (Å²) in [4.78, 5) is 82.9. The molecule has 0 saturated heterocycles. The summed E-state index contributed by atoms with van der Waals surface area (Å²) in [5.41, 5.74) is 21.5. The molecule has 1 aromatic rings. The molecule has 0 aromatic heterocycles. The van der Waals surface area contributed by atoms with E-state index < -0.39 is 65.6 Å². The molecule has 4 fully saturated rings. The van der Waals surface area contributed by atoms with E-state index in [1.165, 1.54) is 19.3 Å². The van der Waals surface area contributed by atoms with E-state index in [0.717, 1.165) is 24.8 Å². The van der Waals surface area contributed by atoms with Crippen LogP contribution in [0, 0.1) is 23.2 Å². The van der Waals surface area contributed by atoms with Gasteiger partial charge in [-0.2, -0.15) is 0 Å². The van der Waals surface area contributed by atoms with Gasteiger partial charge in [0, 0.05) is 13.0 Å². The molecule has 57 heavy (non-hydrogen) atoms. The highest BCUT2D eigenvalue weighted by Gasteiger charge is 2.52. The van der Waals surface area contributed by atoms with Crippen LogP contribution < -0.4 is 44.2 Å². The normalized spacial score (nSPS) is 22.8. The Morgan fingerprint density at radius 1 is 0.737 bits per heavy atom. The number of guanidine groups is 1. The third-order valence-electron chi connectivity index (χ3n) is 11.1. The minimum atomic E-state index is -1.18. The summed E-state index contributed by atoms with van der Waals surface area (Å²) in [6.07, 6.45) is 6.70. The summed E-state index contributed by atoms with van der Waals surface area (Å²) in [5.74, 6) is -0.959. The number of nitrogens with one attached hydrogen (secondary N) is 4. The second-order valence-electron chi connectivity index (χ2n) is 17.2. The van der Waals surface area contributed by atoms with Crippen molar-refractivity contribution in [2.45, 2.75) is 134 Å². The lowest BCUT2D eigenvalue weighted by Gasteiger charge is -2.57. The Hall–Kier alpha value is -5.09. The molecule has 5 rings (SSSR count). The molecular weight excluding hydrogens is 734 g/mol. The van der Waals surface area contributed by atoms with Gasteiger partial charge >= 0.3 is 12.2 Å². The van der Waals surface area contributed by atoms with Gasteiger partial charge in [0.1, 0.15) is 29.8 Å². The van der Waals surface area contributed by atoms with E-state index in [0.29, 0.717) is 43.4 Å². The molecule has 17 nitrogen and oxygen atoms in total. The van der Waals surface area contributed by atoms with Crippen molar-refractivity contribution < 1.29 is 38.2 Å². The third kappa shape index (κ3) is 14.7. The maximum absolute atomic E-state index is 14.3. The fourth-order valence-corrected chi connectivity index (χ4v) is 9.19. The van der Waals surface area contributed by atoms with Crippen molar-refractivity contribution in [3.63, 3.8) is 0 Å². The van der Waals surface area contributed by atoms with Crippen molar-refractivity contribution in [1.82, 2.24) is 21.3 Å². The van der Waals surface area contributed by atoms with Gasteiger partial charge in [0.2, 0.25) is 23.6 Å². The van der Waals surface area contributed by atoms with Gasteiger partial charge in [-0.3, -0.25) is 24.2 Å². The molecular formula is C40H63N9O8. The summed E-state index contributed by atoms with van der Waals surface area (Å²) in [6.45, 7) is 5.44. The lowest BCUT2D eigenvalue weighted by molar-refractivity contribution is -0.134. The van der Waals surface area contributed by atoms with Crippen molar-refractivity contribution in [2.24, 2.45) is 51.1 Å². The highest BCUT2D eigenvalue weighted by Crippen LogP contribution is 2.61. The summed E-state index contributed by atoms with van der Waals surface area (Å²) in [7, 11) is 0. The number of hydrogen-bond donors (Lipinski definition) is 8. The predicted octanol–water partition coefficient (Wildman–Crippen LogP) is 1.99. The van der Waals surface area contributed by atoms with E-state index in [-0.39, 0.29) is 43.8 Å². The van der Waals surface area contributed by atoms with Crippen molar-refractivity contribution in [3.05, 3.63) is 35.9 Å². The number of nitrogens with zero attached hydrogens (tertiary/aromatic N) is 1. The molecule has 0 heterocycles. The maximum atomic E-state index is 14.3. The molecule has 1 aromatic carbocycles. The number of unbranched alkanes of at least 4 members (excludes halogenated alkanes) is 1. The first-order valence-corrected chi connectivity index (χ1v) is 20.1. The number of primary amides is 2. The van der Waals surface area contributed by atoms with Crippen LogP contribution in [0.1, 0.15) is 103 Å². The average molecular weight is 798 g/mol. The number of aliphatic imine (C=N–C) groups is 1. The van der Waals surface area contributed by atoms with Crippen LogP contribution in [-0.2, 0) is 35.1 Å². The summed E-state index contributed by atoms with van der Waals surface area (Å²) in [5, 5.41) is 11.2. The lowest BCUT2D eigenvalue weighted by atomic mass is 9.48. The fraction of sp³-hybridized carbons (Fsp3) is 0.675. The highest BCUT2D eigenvalue weighted by molar-refractivity contribution is 5.95. The topological polar surface area (TPSA) is 285 Å². The van der Waals surface area contributed by atoms with Crippen molar-refractivity contribution in [2.75, 3.05) is 13.2 Å². The van der Waals surface area contributed by atoms with Gasteiger partial charge in [0.25, 0.3) is 0 Å². The number of amides is 6. The first-order chi connectivity index (χ1) is 26.9. The van der Waals surface area contributed by atoms with Crippen molar-refractivity contribution >= 4 is 41.8 Å². The number of alkyl carbamates (subject to hydrolysis) is 1. The minimum absolute atomic E-state index is 0.0361. The van der Waals surface area contributed by atoms with Gasteiger partial charge in [-0.1, -0.05) is 30.3 Å². The first kappa shape index (κ1) is 44.6. The number of benzene rings is 1. The molecule has 4 unspecified atom stereocenters. The number of carbonyl (C=O) groups excluding carboxylic acids is 6. The first-order valence-electron chi connectivity index (χ1n) is 20.1. The van der Waals surface area contributed by atoms with E-state index in [1.807, 2.05) is 6.07 Å². The molecule has 12 N–H and O–H groups in total. The molecule has 0 spiro atoms. The molecule has 316 valence electrons. The van der Waals surface area contributed by atoms with E-state index in [9.17, 15) is 28.8 Å². The van der Waals surface area contributed by atoms with Crippen LogP contribution in [0.2, 0.25) is 0 Å². The zero-order valence-electron chi connectivity index (χ0n) is 33.6. The van der Waals surface area contributed by atoms with Gasteiger partial charge in [-0.25, -0.2) is 9.59 Å². The molecule has 6 amide bonds. The van der Waals surface area contributed by atoms with E-state index in [4.69, 9.17) is 32.4 Å². The standard InChI is InChI=1S/C40H63N9O8/c1-39(2,3)57-38(55)49-31(23-40-20-25-16-26(21-40)18-27(17-25)22-40)35(53)47-29(13-9-14-45-36(42)43)33(51)48-30(19-24-10-5-4-6-11-24)34(52)46-28(32(41)50)12-7-8-15-56-37(44)54/h4-6,10-11,25-31H,7-9,12-23H2,1-3H3,(H2,41,50)(H2,44,54)(H,46,52)(H,47,53)(H,48,51)(H,49,55)(H4,42,43,45). The Balaban J connectivity index is 1.55. The quantitative estimate of drug-likeness (QED) is 0.0509. The summed E-state index contributed by atoms with van der Waals surface area (Å²) >= 11 is 0. The number of nitrogens with two attached hydrogens (primary N) is 4. The van der Waals surface area contributed by atoms with Gasteiger partial charge < -0.3 is 53.7 Å². The van der Waals surface area contributed by atoms with Crippen molar-refractivity contribution in [1.29, 1.82) is 0 Å². The molecule has 17 heteroatoms. The zero-order chi connectivity index (χ0) is 41.8. The SMILES string of the molecule is CC(C)(C)OC(=O)NC(CC12CC3CC(CC(C3)C1)C2)C(=O)NC(CCCN=C(N)N)C(=O)NC(Cc1ccccc1)C(=O)NC(CCCCOC(N)=O)C(N)=O. The van der Waals surface area contributed by atoms with E-state index in [1.54, 1.807) is 45.0 Å². The monoisotopic (exact) mass is 797 g/mol. The van der Waals surface area contributed by atoms with Gasteiger partial charge in [-0.15, -0.1) is 0 Å². The molecule has 0 aliphatic heterocycles. The molecule has 4 saturated carbocycles. The Kier molecular flexibility index (Phi) is 15.9. The zero-order valence-corrected chi connectivity index (χ0v) is 33.6. The molecule has 4 aliphatic carbocycles. The summed E-state index contributed by atoms with van der Waals surface area (Å²) < 4.78 is 10.3. The molecule has 4 aliphatic rings. The number of hydrogen-bond acceptors (Lipinski definition) is 9. The van der Waals surface area contributed by atoms with Gasteiger partial charge in [-0.05, 0) is 127 Å². The van der Waals surface area contributed by atoms with Crippen LogP contribution in [-0.4, -0.2) is 84.7 Å². The maximum Gasteiger partial charge on any atom is 0.408 e. The average Bonchev–Trinajstić information content (AvgIpc) is 3.10. The summed E-state index contributed by atoms with van der Waals surface area (Å²) in [6, 6.07) is 4.58. The van der Waals surface area contributed by atoms with Gasteiger partial charge in [0.05, 0.1) is 6.61 Å². The smallest absolute Gasteiger partial charge is 0.408 e. The largest absolute Gasteiger partial charge is 0.450 e. The van der Waals surface area contributed by atoms with Crippen LogP contribution >= 0.6 is 0 Å². The second kappa shape index (κ2) is 20.4. The molecule has 0 radical (unpaired) electrons. The predicted molar refractivity (Wildman–Crippen MR) is 213 cm³/mol. The van der Waals surface area contributed by atoms with Crippen LogP contribution in [0.4, 0.5) is 9.59 Å². The third-order valence-corrected chi connectivity index (χ3v) is 11.1. The molecule has 4 bridgehead atoms. The van der Waals surface area contributed by atoms with E-state index >= 15 is 0 Å². The Bertz CT molecular complexity index is 1560. The number of ether oxygens (including phenoxy) is 2. The van der Waals surface area contributed by atoms with Crippen LogP contribution in [0.5, 0.6) is 0 Å². The minimum Gasteiger partial charge on any atom is -0.450 e. The lowest BCUT2D eigenvalue weighted by Crippen LogP contribution is -2.59. The number of rotatable bonds is 21. The van der Waals surface area contributed by atoms with Gasteiger partial charge in [0.15, 0.2) is 5.96 Å².